The summed E-state index contributed by atoms with van der Waals surface area (Å²) in [4.78, 5) is 35.7. The maximum Gasteiger partial charge on any atom is 0.306 e. The van der Waals surface area contributed by atoms with Crippen molar-refractivity contribution in [3.8, 4) is 11.5 Å². The molecule has 0 aliphatic rings. The fraction of sp³-hybridized carbons (Fsp3) is 0.286. The minimum atomic E-state index is -0.566. The predicted molar refractivity (Wildman–Crippen MR) is 113 cm³/mol. The first kappa shape index (κ1) is 23.0. The van der Waals surface area contributed by atoms with E-state index < -0.39 is 18.5 Å². The fourth-order valence-corrected chi connectivity index (χ4v) is 2.67. The summed E-state index contributed by atoms with van der Waals surface area (Å²) in [7, 11) is 3.01. The molecule has 2 amide bonds. The molecule has 2 aromatic carbocycles. The maximum absolute atomic E-state index is 12.1. The first-order valence-corrected chi connectivity index (χ1v) is 9.52. The molecule has 0 aromatic heterocycles. The zero-order chi connectivity index (χ0) is 21.9. The van der Waals surface area contributed by atoms with Gasteiger partial charge in [-0.1, -0.05) is 17.7 Å². The highest BCUT2D eigenvalue weighted by atomic mass is 35.5. The van der Waals surface area contributed by atoms with Gasteiger partial charge < -0.3 is 24.8 Å². The van der Waals surface area contributed by atoms with Crippen LogP contribution in [-0.4, -0.2) is 38.6 Å². The van der Waals surface area contributed by atoms with E-state index in [2.05, 4.69) is 10.6 Å². The Hall–Kier alpha value is -3.26. The number of hydrogen-bond acceptors (Lipinski definition) is 6. The van der Waals surface area contributed by atoms with E-state index in [-0.39, 0.29) is 25.2 Å². The number of ether oxygens (including phenoxy) is 3. The lowest BCUT2D eigenvalue weighted by molar-refractivity contribution is -0.147. The quantitative estimate of drug-likeness (QED) is 0.553. The SMILES string of the molecule is COc1cccc(NC(=O)COC(=O)CCCC(=O)Nc2cc(Cl)ccc2OC)c1. The van der Waals surface area contributed by atoms with Gasteiger partial charge in [0, 0.05) is 29.6 Å². The highest BCUT2D eigenvalue weighted by Gasteiger charge is 2.12. The van der Waals surface area contributed by atoms with E-state index in [0.29, 0.717) is 27.9 Å². The third-order valence-corrected chi connectivity index (χ3v) is 4.17. The molecule has 0 spiro atoms. The second-order valence-corrected chi connectivity index (χ2v) is 6.62. The van der Waals surface area contributed by atoms with Crippen LogP contribution in [-0.2, 0) is 19.1 Å². The first-order valence-electron chi connectivity index (χ1n) is 9.14. The van der Waals surface area contributed by atoms with Crippen LogP contribution in [0.1, 0.15) is 19.3 Å². The van der Waals surface area contributed by atoms with Crippen LogP contribution in [0, 0.1) is 0 Å². The summed E-state index contributed by atoms with van der Waals surface area (Å²) < 4.78 is 15.2. The van der Waals surface area contributed by atoms with Gasteiger partial charge in [0.05, 0.1) is 19.9 Å². The Morgan fingerprint density at radius 2 is 1.73 bits per heavy atom. The van der Waals surface area contributed by atoms with Crippen molar-refractivity contribution in [1.82, 2.24) is 0 Å². The van der Waals surface area contributed by atoms with Gasteiger partial charge in [-0.15, -0.1) is 0 Å². The number of esters is 1. The highest BCUT2D eigenvalue weighted by Crippen LogP contribution is 2.27. The van der Waals surface area contributed by atoms with Crippen LogP contribution in [0.4, 0.5) is 11.4 Å². The molecule has 2 N–H and O–H groups in total. The first-order chi connectivity index (χ1) is 14.4. The number of amides is 2. The summed E-state index contributed by atoms with van der Waals surface area (Å²) in [6, 6.07) is 11.7. The zero-order valence-electron chi connectivity index (χ0n) is 16.7. The Bertz CT molecular complexity index is 903. The lowest BCUT2D eigenvalue weighted by atomic mass is 10.2. The van der Waals surface area contributed by atoms with Gasteiger partial charge >= 0.3 is 5.97 Å². The molecule has 8 nitrogen and oxygen atoms in total. The monoisotopic (exact) mass is 434 g/mol. The van der Waals surface area contributed by atoms with Crippen molar-refractivity contribution < 1.29 is 28.6 Å². The Kier molecular flexibility index (Phi) is 8.96. The number of benzene rings is 2. The lowest BCUT2D eigenvalue weighted by Gasteiger charge is -2.10. The van der Waals surface area contributed by atoms with Crippen LogP contribution in [0.25, 0.3) is 0 Å². The van der Waals surface area contributed by atoms with Gasteiger partial charge in [-0.3, -0.25) is 14.4 Å². The minimum absolute atomic E-state index is 0.00649. The largest absolute Gasteiger partial charge is 0.497 e. The molecule has 0 bridgehead atoms. The molecule has 2 rings (SSSR count). The molecule has 160 valence electrons. The summed E-state index contributed by atoms with van der Waals surface area (Å²) in [5.41, 5.74) is 0.982. The molecular weight excluding hydrogens is 412 g/mol. The number of carbonyl (C=O) groups is 3. The van der Waals surface area contributed by atoms with E-state index in [1.165, 1.54) is 14.2 Å². The van der Waals surface area contributed by atoms with E-state index in [1.807, 2.05) is 0 Å². The van der Waals surface area contributed by atoms with Crippen LogP contribution in [0.15, 0.2) is 42.5 Å². The van der Waals surface area contributed by atoms with Crippen LogP contribution < -0.4 is 20.1 Å². The zero-order valence-corrected chi connectivity index (χ0v) is 17.5. The van der Waals surface area contributed by atoms with Crippen molar-refractivity contribution in [2.75, 3.05) is 31.5 Å². The van der Waals surface area contributed by atoms with E-state index in [1.54, 1.807) is 42.5 Å². The summed E-state index contributed by atoms with van der Waals surface area (Å²) >= 11 is 5.92. The van der Waals surface area contributed by atoms with Crippen molar-refractivity contribution >= 4 is 40.8 Å². The van der Waals surface area contributed by atoms with Crippen LogP contribution in [0.3, 0.4) is 0 Å². The topological polar surface area (TPSA) is 103 Å². The molecule has 0 heterocycles. The summed E-state index contributed by atoms with van der Waals surface area (Å²) in [6.45, 7) is -0.415. The van der Waals surface area contributed by atoms with Crippen molar-refractivity contribution in [2.45, 2.75) is 19.3 Å². The molecule has 0 radical (unpaired) electrons. The number of nitrogens with one attached hydrogen (secondary N) is 2. The van der Waals surface area contributed by atoms with E-state index in [4.69, 9.17) is 25.8 Å². The van der Waals surface area contributed by atoms with Gasteiger partial charge in [0.1, 0.15) is 11.5 Å². The Labute approximate surface area is 179 Å². The molecule has 0 saturated heterocycles. The molecule has 0 atom stereocenters. The summed E-state index contributed by atoms with van der Waals surface area (Å²) in [6.07, 6.45) is 0.373. The van der Waals surface area contributed by atoms with Crippen molar-refractivity contribution in [2.24, 2.45) is 0 Å². The molecule has 0 unspecified atom stereocenters. The van der Waals surface area contributed by atoms with Gasteiger partial charge in [-0.25, -0.2) is 0 Å². The van der Waals surface area contributed by atoms with Gasteiger partial charge in [0.2, 0.25) is 5.91 Å². The Morgan fingerprint density at radius 1 is 0.933 bits per heavy atom. The molecular formula is C21H23ClN2O6. The molecule has 0 fully saturated rings. The molecule has 9 heteroatoms. The standard InChI is InChI=1S/C21H23ClN2O6/c1-28-16-6-3-5-15(12-16)23-20(26)13-30-21(27)8-4-7-19(25)24-17-11-14(22)9-10-18(17)29-2/h3,5-6,9-12H,4,7-8,13H2,1-2H3,(H,23,26)(H,24,25). The molecule has 30 heavy (non-hydrogen) atoms. The Morgan fingerprint density at radius 3 is 2.47 bits per heavy atom. The van der Waals surface area contributed by atoms with Crippen molar-refractivity contribution in [3.05, 3.63) is 47.5 Å². The molecule has 2 aromatic rings. The third kappa shape index (κ3) is 7.63. The lowest BCUT2D eigenvalue weighted by Crippen LogP contribution is -2.21. The van der Waals surface area contributed by atoms with Crippen LogP contribution in [0.2, 0.25) is 5.02 Å². The summed E-state index contributed by atoms with van der Waals surface area (Å²) in [5, 5.41) is 5.75. The minimum Gasteiger partial charge on any atom is -0.497 e. The van der Waals surface area contributed by atoms with E-state index in [0.717, 1.165) is 0 Å². The van der Waals surface area contributed by atoms with Gasteiger partial charge in [0.15, 0.2) is 6.61 Å². The molecule has 0 aliphatic heterocycles. The van der Waals surface area contributed by atoms with Gasteiger partial charge in [-0.2, -0.15) is 0 Å². The van der Waals surface area contributed by atoms with Crippen molar-refractivity contribution in [1.29, 1.82) is 0 Å². The third-order valence-electron chi connectivity index (χ3n) is 3.94. The normalized spacial score (nSPS) is 10.1. The van der Waals surface area contributed by atoms with Crippen LogP contribution in [0.5, 0.6) is 11.5 Å². The Balaban J connectivity index is 1.68. The van der Waals surface area contributed by atoms with Gasteiger partial charge in [-0.05, 0) is 36.8 Å². The maximum atomic E-state index is 12.1. The number of anilines is 2. The second kappa shape index (κ2) is 11.7. The van der Waals surface area contributed by atoms with E-state index >= 15 is 0 Å². The number of hydrogen-bond donors (Lipinski definition) is 2. The molecule has 0 saturated carbocycles. The molecule has 0 aliphatic carbocycles. The average Bonchev–Trinajstić information content (AvgIpc) is 2.72. The number of rotatable bonds is 10. The van der Waals surface area contributed by atoms with Crippen molar-refractivity contribution in [3.63, 3.8) is 0 Å². The summed E-state index contributed by atoms with van der Waals surface area (Å²) in [5.74, 6) is -0.252. The fourth-order valence-electron chi connectivity index (χ4n) is 2.50. The predicted octanol–water partition coefficient (Wildman–Crippen LogP) is 3.65. The smallest absolute Gasteiger partial charge is 0.306 e. The van der Waals surface area contributed by atoms with E-state index in [9.17, 15) is 14.4 Å². The van der Waals surface area contributed by atoms with Crippen LogP contribution >= 0.6 is 11.6 Å². The highest BCUT2D eigenvalue weighted by molar-refractivity contribution is 6.31. The number of halogens is 1. The number of methoxy groups -OCH3 is 2. The van der Waals surface area contributed by atoms with Gasteiger partial charge in [0.25, 0.3) is 5.91 Å². The average molecular weight is 435 g/mol. The second-order valence-electron chi connectivity index (χ2n) is 6.19. The number of carbonyl (C=O) groups excluding carboxylic acids is 3.